The molecule has 3 aliphatic carbocycles. The number of ether oxygens (including phenoxy) is 1. The molecule has 0 amide bonds. The highest BCUT2D eigenvalue weighted by molar-refractivity contribution is 5.62. The molecule has 1 N–H and O–H groups in total. The molecule has 1 fully saturated rings. The van der Waals surface area contributed by atoms with Gasteiger partial charge in [-0.05, 0) is 61.4 Å². The number of fused-ring (bicyclic) bond motifs is 2. The number of rotatable bonds is 5. The largest absolute Gasteiger partial charge is 0.461 e. The van der Waals surface area contributed by atoms with E-state index in [-0.39, 0.29) is 36.4 Å². The zero-order valence-electron chi connectivity index (χ0n) is 16.2. The molecule has 0 unspecified atom stereocenters. The molecule has 2 bridgehead atoms. The summed E-state index contributed by atoms with van der Waals surface area (Å²) in [6.07, 6.45) is 5.25. The van der Waals surface area contributed by atoms with Crippen molar-refractivity contribution in [1.29, 1.82) is 0 Å². The highest BCUT2D eigenvalue weighted by Crippen LogP contribution is 2.55. The lowest BCUT2D eigenvalue weighted by molar-refractivity contribution is 0.189. The van der Waals surface area contributed by atoms with Crippen molar-refractivity contribution in [3.05, 3.63) is 65.1 Å². The van der Waals surface area contributed by atoms with E-state index in [1.807, 2.05) is 6.07 Å². The summed E-state index contributed by atoms with van der Waals surface area (Å²) in [5.41, 5.74) is 2.23. The lowest BCUT2D eigenvalue weighted by atomic mass is 9.58. The van der Waals surface area contributed by atoms with Gasteiger partial charge in [-0.3, -0.25) is 0 Å². The van der Waals surface area contributed by atoms with Gasteiger partial charge in [0, 0.05) is 6.20 Å². The average Bonchev–Trinajstić information content (AvgIpc) is 2.78. The minimum Gasteiger partial charge on any atom is -0.461 e. The van der Waals surface area contributed by atoms with Crippen LogP contribution < -0.4 is 4.74 Å². The van der Waals surface area contributed by atoms with Crippen molar-refractivity contribution < 1.29 is 18.6 Å². The van der Waals surface area contributed by atoms with Gasteiger partial charge in [0.25, 0.3) is 0 Å². The predicted molar refractivity (Wildman–Crippen MR) is 104 cm³/mol. The van der Waals surface area contributed by atoms with E-state index >= 15 is 0 Å². The third kappa shape index (κ3) is 2.94. The minimum absolute atomic E-state index is 0.118. The van der Waals surface area contributed by atoms with Gasteiger partial charge in [-0.1, -0.05) is 6.07 Å². The van der Waals surface area contributed by atoms with E-state index in [1.165, 1.54) is 18.2 Å². The molecule has 3 aliphatic rings. The molecule has 30 heavy (non-hydrogen) atoms. The number of aromatic nitrogens is 4. The molecule has 8 heteroatoms. The highest BCUT2D eigenvalue weighted by Gasteiger charge is 2.48. The standard InChI is InChI=1S/C22H20F2N4O2/c23-15-2-1-3-16(24)19(15)17-12-14-13-4-7-22(8-5-13,20(14)28-27-17)18-6-9-25-21(26-18)30-11-10-29/h1-3,6,9,12-13,29H,4-5,7-8,10-11H2. The van der Waals surface area contributed by atoms with Crippen molar-refractivity contribution in [2.75, 3.05) is 13.2 Å². The average molecular weight is 410 g/mol. The lowest BCUT2D eigenvalue weighted by Crippen LogP contribution is -2.41. The van der Waals surface area contributed by atoms with Crippen molar-refractivity contribution in [3.8, 4) is 17.3 Å². The van der Waals surface area contributed by atoms with Crippen LogP contribution in [-0.2, 0) is 5.41 Å². The third-order valence-corrected chi connectivity index (χ3v) is 6.22. The van der Waals surface area contributed by atoms with Gasteiger partial charge < -0.3 is 9.84 Å². The molecule has 0 radical (unpaired) electrons. The number of nitrogens with zero attached hydrogens (tertiary/aromatic N) is 4. The Morgan fingerprint density at radius 2 is 1.87 bits per heavy atom. The fourth-order valence-electron chi connectivity index (χ4n) is 4.80. The molecule has 1 saturated carbocycles. The SMILES string of the molecule is OCCOc1nccc(C23CCC(CC2)c2cc(-c4c(F)cccc4F)nnc23)n1. The van der Waals surface area contributed by atoms with Crippen LogP contribution in [0.4, 0.5) is 8.78 Å². The summed E-state index contributed by atoms with van der Waals surface area (Å²) in [5, 5.41) is 17.7. The number of hydrogen-bond donors (Lipinski definition) is 1. The number of halogens is 2. The van der Waals surface area contributed by atoms with Crippen LogP contribution in [0.1, 0.15) is 48.6 Å². The fraction of sp³-hybridized carbons (Fsp3) is 0.364. The quantitative estimate of drug-likeness (QED) is 0.693. The topological polar surface area (TPSA) is 81.0 Å². The number of aliphatic hydroxyl groups is 1. The van der Waals surface area contributed by atoms with Crippen LogP contribution in [0.15, 0.2) is 36.5 Å². The fourth-order valence-corrected chi connectivity index (χ4v) is 4.80. The molecule has 6 rings (SSSR count). The van der Waals surface area contributed by atoms with Crippen molar-refractivity contribution >= 4 is 0 Å². The Balaban J connectivity index is 1.60. The second-order valence-electron chi connectivity index (χ2n) is 7.78. The molecule has 3 aromatic rings. The Hall–Kier alpha value is -3.00. The van der Waals surface area contributed by atoms with Crippen molar-refractivity contribution in [3.63, 3.8) is 0 Å². The number of hydrogen-bond acceptors (Lipinski definition) is 6. The summed E-state index contributed by atoms with van der Waals surface area (Å²) < 4.78 is 34.0. The van der Waals surface area contributed by atoms with Gasteiger partial charge in [0.1, 0.15) is 18.2 Å². The molecular weight excluding hydrogens is 390 g/mol. The van der Waals surface area contributed by atoms with Gasteiger partial charge in [0.15, 0.2) is 0 Å². The Morgan fingerprint density at radius 1 is 1.10 bits per heavy atom. The molecule has 1 aromatic carbocycles. The molecule has 0 aliphatic heterocycles. The van der Waals surface area contributed by atoms with E-state index in [2.05, 4.69) is 20.2 Å². The first kappa shape index (κ1) is 19.0. The monoisotopic (exact) mass is 410 g/mol. The van der Waals surface area contributed by atoms with E-state index in [4.69, 9.17) is 9.84 Å². The normalized spacial score (nSPS) is 22.0. The minimum atomic E-state index is -0.651. The summed E-state index contributed by atoms with van der Waals surface area (Å²) in [7, 11) is 0. The third-order valence-electron chi connectivity index (χ3n) is 6.22. The van der Waals surface area contributed by atoms with Crippen LogP contribution in [0, 0.1) is 11.6 Å². The maximum atomic E-state index is 14.3. The Kier molecular flexibility index (Phi) is 4.66. The van der Waals surface area contributed by atoms with Gasteiger partial charge in [-0.2, -0.15) is 10.1 Å². The lowest BCUT2D eigenvalue weighted by Gasteiger charge is -2.46. The highest BCUT2D eigenvalue weighted by atomic mass is 19.1. The van der Waals surface area contributed by atoms with E-state index in [1.54, 1.807) is 12.3 Å². The summed E-state index contributed by atoms with van der Waals surface area (Å²) in [6.45, 7) is -0.00339. The zero-order valence-corrected chi connectivity index (χ0v) is 16.2. The molecule has 154 valence electrons. The van der Waals surface area contributed by atoms with Crippen molar-refractivity contribution in [2.24, 2.45) is 0 Å². The van der Waals surface area contributed by atoms with E-state index in [0.29, 0.717) is 0 Å². The van der Waals surface area contributed by atoms with Crippen LogP contribution in [0.5, 0.6) is 6.01 Å². The molecule has 0 atom stereocenters. The smallest absolute Gasteiger partial charge is 0.316 e. The molecule has 2 aromatic heterocycles. The first-order valence-electron chi connectivity index (χ1n) is 10.0. The van der Waals surface area contributed by atoms with Gasteiger partial charge >= 0.3 is 6.01 Å². The van der Waals surface area contributed by atoms with Gasteiger partial charge in [-0.25, -0.2) is 13.8 Å². The Bertz CT molecular complexity index is 1080. The van der Waals surface area contributed by atoms with Crippen molar-refractivity contribution in [2.45, 2.75) is 37.0 Å². The molecule has 6 nitrogen and oxygen atoms in total. The molecule has 0 spiro atoms. The second kappa shape index (κ2) is 7.36. The first-order valence-corrected chi connectivity index (χ1v) is 10.0. The molecular formula is C22H20F2N4O2. The summed E-state index contributed by atoms with van der Waals surface area (Å²) in [5.74, 6) is -1.01. The van der Waals surface area contributed by atoms with Gasteiger partial charge in [0.2, 0.25) is 0 Å². The van der Waals surface area contributed by atoms with Crippen LogP contribution in [0.3, 0.4) is 0 Å². The Morgan fingerprint density at radius 3 is 2.60 bits per heavy atom. The zero-order chi connectivity index (χ0) is 20.7. The van der Waals surface area contributed by atoms with E-state index < -0.39 is 17.0 Å². The number of aliphatic hydroxyl groups excluding tert-OH is 1. The van der Waals surface area contributed by atoms with Crippen molar-refractivity contribution in [1.82, 2.24) is 20.2 Å². The van der Waals surface area contributed by atoms with Crippen LogP contribution in [0.25, 0.3) is 11.3 Å². The Labute approximate surface area is 172 Å². The van der Waals surface area contributed by atoms with Crippen LogP contribution in [0.2, 0.25) is 0 Å². The van der Waals surface area contributed by atoms with Crippen LogP contribution >= 0.6 is 0 Å². The maximum Gasteiger partial charge on any atom is 0.316 e. The second-order valence-corrected chi connectivity index (χ2v) is 7.78. The maximum absolute atomic E-state index is 14.3. The number of benzene rings is 1. The predicted octanol–water partition coefficient (Wildman–Crippen LogP) is 3.54. The van der Waals surface area contributed by atoms with E-state index in [0.717, 1.165) is 42.6 Å². The van der Waals surface area contributed by atoms with Gasteiger partial charge in [0.05, 0.1) is 34.7 Å². The molecule has 0 saturated heterocycles. The summed E-state index contributed by atoms with van der Waals surface area (Å²) in [4.78, 5) is 8.69. The van der Waals surface area contributed by atoms with Gasteiger partial charge in [-0.15, -0.1) is 5.10 Å². The van der Waals surface area contributed by atoms with E-state index in [9.17, 15) is 8.78 Å². The molecule has 2 heterocycles. The summed E-state index contributed by atoms with van der Waals surface area (Å²) >= 11 is 0. The van der Waals surface area contributed by atoms with Crippen LogP contribution in [-0.4, -0.2) is 38.5 Å². The first-order chi connectivity index (χ1) is 14.6. The summed E-state index contributed by atoms with van der Waals surface area (Å²) in [6, 6.07) is 7.63.